The van der Waals surface area contributed by atoms with Gasteiger partial charge in [-0.05, 0) is 37.5 Å². The van der Waals surface area contributed by atoms with Crippen molar-refractivity contribution in [2.75, 3.05) is 31.1 Å². The molecule has 1 atom stereocenters. The molecule has 0 saturated carbocycles. The molecule has 0 radical (unpaired) electrons. The number of benzene rings is 1. The molecule has 0 spiro atoms. The number of nitrogens with zero attached hydrogens (tertiary/aromatic N) is 6. The Morgan fingerprint density at radius 1 is 1.24 bits per heavy atom. The zero-order chi connectivity index (χ0) is 23.5. The number of carbonyl (C=O) groups excluding carboxylic acids is 1. The average molecular weight is 480 g/mol. The molecule has 10 heteroatoms. The lowest BCUT2D eigenvalue weighted by atomic mass is 10.1. The highest BCUT2D eigenvalue weighted by molar-refractivity contribution is 7.18. The molecule has 4 heterocycles. The van der Waals surface area contributed by atoms with E-state index >= 15 is 0 Å². The maximum atomic E-state index is 12.9. The van der Waals surface area contributed by atoms with Crippen molar-refractivity contribution in [3.63, 3.8) is 0 Å². The zero-order valence-electron chi connectivity index (χ0n) is 19.5. The van der Waals surface area contributed by atoms with Gasteiger partial charge in [0.25, 0.3) is 0 Å². The number of aryl methyl sites for hydroxylation is 1. The minimum absolute atomic E-state index is 0.179. The fourth-order valence-electron chi connectivity index (χ4n) is 4.53. The Labute approximate surface area is 202 Å². The lowest BCUT2D eigenvalue weighted by Gasteiger charge is -2.42. The maximum Gasteiger partial charge on any atom is 0.222 e. The molecule has 178 valence electrons. The number of ether oxygens (including phenoxy) is 1. The number of carbonyl (C=O) groups is 1. The summed E-state index contributed by atoms with van der Waals surface area (Å²) in [4.78, 5) is 28.8. The zero-order valence-corrected chi connectivity index (χ0v) is 20.3. The van der Waals surface area contributed by atoms with E-state index in [4.69, 9.17) is 4.74 Å². The number of H-pyrrole nitrogens is 1. The van der Waals surface area contributed by atoms with E-state index in [1.165, 1.54) is 4.88 Å². The van der Waals surface area contributed by atoms with Gasteiger partial charge in [0.05, 0.1) is 12.0 Å². The molecular weight excluding hydrogens is 450 g/mol. The van der Waals surface area contributed by atoms with Crippen LogP contribution in [-0.4, -0.2) is 68.5 Å². The Kier molecular flexibility index (Phi) is 6.57. The van der Waals surface area contributed by atoms with E-state index in [1.54, 1.807) is 17.7 Å². The van der Waals surface area contributed by atoms with Crippen molar-refractivity contribution >= 4 is 44.3 Å². The van der Waals surface area contributed by atoms with Crippen molar-refractivity contribution in [2.24, 2.45) is 0 Å². The molecule has 1 amide bonds. The summed E-state index contributed by atoms with van der Waals surface area (Å²) in [5.74, 6) is 1.86. The van der Waals surface area contributed by atoms with E-state index in [-0.39, 0.29) is 11.9 Å². The number of nitrogens with one attached hydrogen (secondary N) is 1. The number of piperazine rings is 1. The average Bonchev–Trinajstić information content (AvgIpc) is 3.53. The van der Waals surface area contributed by atoms with Gasteiger partial charge < -0.3 is 14.5 Å². The fraction of sp³-hybridized carbons (Fsp3) is 0.458. The van der Waals surface area contributed by atoms with Gasteiger partial charge in [0.1, 0.15) is 28.2 Å². The summed E-state index contributed by atoms with van der Waals surface area (Å²) in [6.07, 6.45) is 4.73. The Hall–Kier alpha value is -3.27. The van der Waals surface area contributed by atoms with Crippen LogP contribution >= 0.6 is 11.3 Å². The van der Waals surface area contributed by atoms with Crippen LogP contribution < -0.4 is 9.64 Å². The lowest BCUT2D eigenvalue weighted by molar-refractivity contribution is -0.132. The third-order valence-electron chi connectivity index (χ3n) is 6.39. The number of fused-ring (bicyclic) bond motifs is 2. The predicted octanol–water partition coefficient (Wildman–Crippen LogP) is 3.81. The molecule has 1 aliphatic heterocycles. The van der Waals surface area contributed by atoms with Gasteiger partial charge in [-0.25, -0.2) is 9.97 Å². The Bertz CT molecular complexity index is 1290. The van der Waals surface area contributed by atoms with Crippen molar-refractivity contribution in [1.82, 2.24) is 30.3 Å². The maximum absolute atomic E-state index is 12.9. The standard InChI is InChI=1S/C24H29N7O2S/c1-3-16-14-30(10-11-31(16)23-18-13-17(4-2)34-24(18)26-15-25-23)21(32)9-6-12-33-20-8-5-7-19-22(20)28-29-27-19/h5,7-8,13,15-16H,3-4,6,9-12,14H2,1-2H3,(H,27,28,29). The highest BCUT2D eigenvalue weighted by atomic mass is 32.1. The van der Waals surface area contributed by atoms with Crippen molar-refractivity contribution in [1.29, 1.82) is 0 Å². The van der Waals surface area contributed by atoms with Gasteiger partial charge in [-0.3, -0.25) is 4.79 Å². The number of amides is 1. The van der Waals surface area contributed by atoms with Crippen molar-refractivity contribution in [2.45, 2.75) is 45.6 Å². The van der Waals surface area contributed by atoms with Crippen LogP contribution in [0.25, 0.3) is 21.3 Å². The summed E-state index contributed by atoms with van der Waals surface area (Å²) < 4.78 is 5.87. The minimum Gasteiger partial charge on any atom is -0.491 e. The Morgan fingerprint density at radius 3 is 3.00 bits per heavy atom. The number of hydrogen-bond donors (Lipinski definition) is 1. The summed E-state index contributed by atoms with van der Waals surface area (Å²) >= 11 is 1.74. The topological polar surface area (TPSA) is 100 Å². The van der Waals surface area contributed by atoms with Crippen LogP contribution in [0.2, 0.25) is 0 Å². The number of aromatic amines is 1. The van der Waals surface area contributed by atoms with Gasteiger partial charge in [-0.2, -0.15) is 15.4 Å². The van der Waals surface area contributed by atoms with E-state index in [1.807, 2.05) is 23.1 Å². The van der Waals surface area contributed by atoms with E-state index < -0.39 is 0 Å². The van der Waals surface area contributed by atoms with Gasteiger partial charge >= 0.3 is 0 Å². The summed E-state index contributed by atoms with van der Waals surface area (Å²) in [7, 11) is 0. The minimum atomic E-state index is 0.179. The van der Waals surface area contributed by atoms with Crippen LogP contribution in [0.4, 0.5) is 5.82 Å². The van der Waals surface area contributed by atoms with E-state index in [0.29, 0.717) is 43.8 Å². The first-order chi connectivity index (χ1) is 16.7. The fourth-order valence-corrected chi connectivity index (χ4v) is 5.46. The van der Waals surface area contributed by atoms with Crippen LogP contribution in [0.5, 0.6) is 5.75 Å². The molecule has 0 bridgehead atoms. The van der Waals surface area contributed by atoms with Crippen molar-refractivity contribution in [3.05, 3.63) is 35.5 Å². The number of thiophene rings is 1. The van der Waals surface area contributed by atoms with Gasteiger partial charge in [0.2, 0.25) is 5.91 Å². The molecule has 1 fully saturated rings. The summed E-state index contributed by atoms with van der Waals surface area (Å²) in [6.45, 7) is 6.99. The second kappa shape index (κ2) is 9.92. The molecule has 4 aromatic rings. The third-order valence-corrected chi connectivity index (χ3v) is 7.58. The summed E-state index contributed by atoms with van der Waals surface area (Å²) in [5.41, 5.74) is 1.48. The van der Waals surface area contributed by atoms with Gasteiger partial charge in [0.15, 0.2) is 5.52 Å². The highest BCUT2D eigenvalue weighted by Gasteiger charge is 2.30. The molecule has 0 aliphatic carbocycles. The van der Waals surface area contributed by atoms with Crippen LogP contribution in [-0.2, 0) is 11.2 Å². The van der Waals surface area contributed by atoms with Gasteiger partial charge in [-0.15, -0.1) is 11.3 Å². The molecule has 1 N–H and O–H groups in total. The smallest absolute Gasteiger partial charge is 0.222 e. The van der Waals surface area contributed by atoms with Crippen molar-refractivity contribution in [3.8, 4) is 5.75 Å². The monoisotopic (exact) mass is 479 g/mol. The van der Waals surface area contributed by atoms with Crippen LogP contribution in [0.15, 0.2) is 30.6 Å². The molecule has 9 nitrogen and oxygen atoms in total. The van der Waals surface area contributed by atoms with Gasteiger partial charge in [-0.1, -0.05) is 19.9 Å². The highest BCUT2D eigenvalue weighted by Crippen LogP contribution is 2.33. The molecule has 3 aromatic heterocycles. The Morgan fingerprint density at radius 2 is 2.15 bits per heavy atom. The van der Waals surface area contributed by atoms with Crippen molar-refractivity contribution < 1.29 is 9.53 Å². The molecule has 34 heavy (non-hydrogen) atoms. The number of rotatable bonds is 8. The van der Waals surface area contributed by atoms with Crippen LogP contribution in [0, 0.1) is 0 Å². The van der Waals surface area contributed by atoms with Gasteiger partial charge in [0, 0.05) is 37.0 Å². The molecule has 1 aromatic carbocycles. The molecule has 5 rings (SSSR count). The molecule has 1 aliphatic rings. The molecule has 1 unspecified atom stereocenters. The first-order valence-electron chi connectivity index (χ1n) is 11.9. The lowest BCUT2D eigenvalue weighted by Crippen LogP contribution is -2.55. The number of para-hydroxylation sites is 1. The first kappa shape index (κ1) is 22.5. The molecular formula is C24H29N7O2S. The quantitative estimate of drug-likeness (QED) is 0.384. The summed E-state index contributed by atoms with van der Waals surface area (Å²) in [6, 6.07) is 8.10. The SMILES string of the molecule is CCc1cc2c(N3CCN(C(=O)CCCOc4cccc5n[nH]nc45)CC3CC)ncnc2s1. The largest absolute Gasteiger partial charge is 0.491 e. The number of aromatic nitrogens is 5. The van der Waals surface area contributed by atoms with E-state index in [0.717, 1.165) is 40.9 Å². The van der Waals surface area contributed by atoms with E-state index in [9.17, 15) is 4.79 Å². The predicted molar refractivity (Wildman–Crippen MR) is 133 cm³/mol. The summed E-state index contributed by atoms with van der Waals surface area (Å²) in [5, 5.41) is 11.9. The van der Waals surface area contributed by atoms with E-state index in [2.05, 4.69) is 50.2 Å². The number of hydrogen-bond acceptors (Lipinski definition) is 8. The second-order valence-corrected chi connectivity index (χ2v) is 9.59. The van der Waals surface area contributed by atoms with Crippen LogP contribution in [0.3, 0.4) is 0 Å². The third kappa shape index (κ3) is 4.42. The second-order valence-electron chi connectivity index (χ2n) is 8.48. The number of anilines is 1. The van der Waals surface area contributed by atoms with Crippen LogP contribution in [0.1, 0.15) is 38.0 Å². The molecule has 1 saturated heterocycles. The first-order valence-corrected chi connectivity index (χ1v) is 12.7. The Balaban J connectivity index is 1.18. The normalized spacial score (nSPS) is 16.5.